The van der Waals surface area contributed by atoms with E-state index in [1.54, 1.807) is 0 Å². The first-order valence-corrected chi connectivity index (χ1v) is 7.59. The minimum atomic E-state index is -0.833. The van der Waals surface area contributed by atoms with E-state index in [2.05, 4.69) is 55.4 Å². The number of hydrogen-bond acceptors (Lipinski definition) is 2. The molecule has 0 saturated carbocycles. The number of aliphatic carboxylic acids is 1. The monoisotopic (exact) mass is 288 g/mol. The highest BCUT2D eigenvalue weighted by Crippen LogP contribution is 2.23. The summed E-state index contributed by atoms with van der Waals surface area (Å²) in [7, 11) is 0. The molecule has 0 fully saturated rings. The van der Waals surface area contributed by atoms with Crippen molar-refractivity contribution in [3.05, 3.63) is 29.6 Å². The van der Waals surface area contributed by atoms with Crippen molar-refractivity contribution in [1.29, 1.82) is 0 Å². The van der Waals surface area contributed by atoms with Crippen LogP contribution in [0, 0.1) is 5.92 Å². The van der Waals surface area contributed by atoms with Crippen LogP contribution < -0.4 is 0 Å². The van der Waals surface area contributed by atoms with Crippen molar-refractivity contribution in [2.24, 2.45) is 5.92 Å². The molecule has 21 heavy (non-hydrogen) atoms. The number of hydrogen-bond donors (Lipinski definition) is 1. The van der Waals surface area contributed by atoms with Gasteiger partial charge >= 0.3 is 5.97 Å². The minimum Gasteiger partial charge on any atom is -0.481 e. The smallest absolute Gasteiger partial charge is 0.311 e. The summed E-state index contributed by atoms with van der Waals surface area (Å²) in [5.41, 5.74) is 3.18. The number of benzene rings is 1. The Hall–Kier alpha value is -1.84. The van der Waals surface area contributed by atoms with Crippen LogP contribution in [-0.2, 0) is 17.8 Å². The number of carbonyl (C=O) groups is 1. The lowest BCUT2D eigenvalue weighted by Crippen LogP contribution is -2.10. The zero-order valence-electron chi connectivity index (χ0n) is 13.3. The fourth-order valence-corrected chi connectivity index (χ4v) is 2.46. The highest BCUT2D eigenvalue weighted by Gasteiger charge is 2.14. The Balaban J connectivity index is 2.47. The largest absolute Gasteiger partial charge is 0.481 e. The average molecular weight is 288 g/mol. The van der Waals surface area contributed by atoms with Crippen LogP contribution in [0.25, 0.3) is 11.0 Å². The van der Waals surface area contributed by atoms with Crippen LogP contribution in [-0.4, -0.2) is 20.6 Å². The average Bonchev–Trinajstić information content (AvgIpc) is 2.71. The molecule has 0 aliphatic carbocycles. The van der Waals surface area contributed by atoms with Gasteiger partial charge in [0.05, 0.1) is 11.0 Å². The number of aryl methyl sites for hydroxylation is 1. The van der Waals surface area contributed by atoms with Gasteiger partial charge in [-0.05, 0) is 36.0 Å². The predicted molar refractivity (Wildman–Crippen MR) is 84.6 cm³/mol. The highest BCUT2D eigenvalue weighted by molar-refractivity contribution is 5.79. The number of rotatable bonds is 6. The molecule has 0 unspecified atom stereocenters. The van der Waals surface area contributed by atoms with Gasteiger partial charge in [-0.25, -0.2) is 4.98 Å². The van der Waals surface area contributed by atoms with Crippen molar-refractivity contribution in [3.63, 3.8) is 0 Å². The molecule has 1 heterocycles. The molecule has 0 bridgehead atoms. The lowest BCUT2D eigenvalue weighted by atomic mass is 10.0. The third kappa shape index (κ3) is 3.63. The van der Waals surface area contributed by atoms with Crippen molar-refractivity contribution in [3.8, 4) is 0 Å². The van der Waals surface area contributed by atoms with Crippen molar-refractivity contribution in [1.82, 2.24) is 9.55 Å². The molecule has 2 aromatic rings. The van der Waals surface area contributed by atoms with E-state index in [1.807, 2.05) is 0 Å². The fourth-order valence-electron chi connectivity index (χ4n) is 2.46. The van der Waals surface area contributed by atoms with Gasteiger partial charge in [0, 0.05) is 6.54 Å². The first kappa shape index (κ1) is 15.5. The fraction of sp³-hybridized carbons (Fsp3) is 0.529. The van der Waals surface area contributed by atoms with E-state index in [0.717, 1.165) is 24.0 Å². The molecule has 1 aromatic carbocycles. The second kappa shape index (κ2) is 6.29. The van der Waals surface area contributed by atoms with Crippen LogP contribution in [0.3, 0.4) is 0 Å². The Bertz CT molecular complexity index is 642. The van der Waals surface area contributed by atoms with Gasteiger partial charge in [-0.15, -0.1) is 0 Å². The number of nitrogens with zero attached hydrogens (tertiary/aromatic N) is 2. The summed E-state index contributed by atoms with van der Waals surface area (Å²) in [6.45, 7) is 9.46. The van der Waals surface area contributed by atoms with Crippen molar-refractivity contribution in [2.45, 2.75) is 53.0 Å². The number of carboxylic acid groups (broad SMARTS) is 1. The maximum Gasteiger partial charge on any atom is 0.311 e. The van der Waals surface area contributed by atoms with Crippen molar-refractivity contribution in [2.75, 3.05) is 0 Å². The molecule has 0 saturated heterocycles. The molecule has 2 rings (SSSR count). The summed E-state index contributed by atoms with van der Waals surface area (Å²) >= 11 is 0. The molecular formula is C17H24N2O2. The van der Waals surface area contributed by atoms with E-state index in [4.69, 9.17) is 5.11 Å². The van der Waals surface area contributed by atoms with Crippen LogP contribution in [0.2, 0.25) is 0 Å². The van der Waals surface area contributed by atoms with Gasteiger partial charge in [0.2, 0.25) is 0 Å². The Morgan fingerprint density at radius 3 is 2.57 bits per heavy atom. The van der Waals surface area contributed by atoms with Crippen LogP contribution in [0.5, 0.6) is 0 Å². The molecule has 0 atom stereocenters. The van der Waals surface area contributed by atoms with E-state index in [1.165, 1.54) is 5.56 Å². The third-order valence-corrected chi connectivity index (χ3v) is 3.76. The molecule has 0 spiro atoms. The van der Waals surface area contributed by atoms with E-state index in [0.29, 0.717) is 17.7 Å². The maximum absolute atomic E-state index is 11.1. The number of carboxylic acids is 1. The summed E-state index contributed by atoms with van der Waals surface area (Å²) in [6, 6.07) is 6.27. The lowest BCUT2D eigenvalue weighted by Gasteiger charge is -2.10. The molecule has 0 radical (unpaired) electrons. The molecule has 0 aliphatic heterocycles. The first-order chi connectivity index (χ1) is 9.88. The number of imidazole rings is 1. The Morgan fingerprint density at radius 2 is 2.00 bits per heavy atom. The first-order valence-electron chi connectivity index (χ1n) is 7.59. The Morgan fingerprint density at radius 1 is 1.29 bits per heavy atom. The quantitative estimate of drug-likeness (QED) is 0.878. The third-order valence-electron chi connectivity index (χ3n) is 3.76. The molecule has 4 nitrogen and oxygen atoms in total. The van der Waals surface area contributed by atoms with Crippen LogP contribution in [0.1, 0.15) is 51.4 Å². The van der Waals surface area contributed by atoms with Crippen molar-refractivity contribution < 1.29 is 9.90 Å². The minimum absolute atomic E-state index is 0.0240. The zero-order valence-corrected chi connectivity index (χ0v) is 13.3. The number of aromatic nitrogens is 2. The Labute approximate surface area is 125 Å². The van der Waals surface area contributed by atoms with E-state index in [-0.39, 0.29) is 6.42 Å². The topological polar surface area (TPSA) is 55.1 Å². The lowest BCUT2D eigenvalue weighted by molar-refractivity contribution is -0.136. The summed E-state index contributed by atoms with van der Waals surface area (Å²) in [5, 5.41) is 9.08. The standard InChI is InChI=1S/C17H24N2O2/c1-11(2)7-8-19-15-6-5-13(12(3)4)9-14(15)18-16(19)10-17(20)21/h5-6,9,11-12H,7-8,10H2,1-4H3,(H,20,21). The summed E-state index contributed by atoms with van der Waals surface area (Å²) in [4.78, 5) is 15.6. The molecule has 1 N–H and O–H groups in total. The molecule has 4 heteroatoms. The molecule has 1 aromatic heterocycles. The van der Waals surface area contributed by atoms with E-state index < -0.39 is 5.97 Å². The normalized spacial score (nSPS) is 11.7. The van der Waals surface area contributed by atoms with Gasteiger partial charge in [0.25, 0.3) is 0 Å². The van der Waals surface area contributed by atoms with Crippen LogP contribution in [0.15, 0.2) is 18.2 Å². The van der Waals surface area contributed by atoms with Crippen LogP contribution >= 0.6 is 0 Å². The van der Waals surface area contributed by atoms with Crippen LogP contribution in [0.4, 0.5) is 0 Å². The van der Waals surface area contributed by atoms with E-state index in [9.17, 15) is 4.79 Å². The molecular weight excluding hydrogens is 264 g/mol. The van der Waals surface area contributed by atoms with Crippen molar-refractivity contribution >= 4 is 17.0 Å². The van der Waals surface area contributed by atoms with Gasteiger partial charge in [0.15, 0.2) is 0 Å². The second-order valence-electron chi connectivity index (χ2n) is 6.34. The maximum atomic E-state index is 11.1. The van der Waals surface area contributed by atoms with Gasteiger partial charge in [-0.1, -0.05) is 33.8 Å². The van der Waals surface area contributed by atoms with E-state index >= 15 is 0 Å². The highest BCUT2D eigenvalue weighted by atomic mass is 16.4. The predicted octanol–water partition coefficient (Wildman–Crippen LogP) is 3.83. The van der Waals surface area contributed by atoms with Gasteiger partial charge in [-0.3, -0.25) is 4.79 Å². The van der Waals surface area contributed by atoms with Gasteiger partial charge in [0.1, 0.15) is 12.2 Å². The summed E-state index contributed by atoms with van der Waals surface area (Å²) in [5.74, 6) is 0.840. The molecule has 0 aliphatic rings. The van der Waals surface area contributed by atoms with Gasteiger partial charge in [-0.2, -0.15) is 0 Å². The van der Waals surface area contributed by atoms with Gasteiger partial charge < -0.3 is 9.67 Å². The summed E-state index contributed by atoms with van der Waals surface area (Å²) < 4.78 is 2.06. The SMILES string of the molecule is CC(C)CCn1c(CC(=O)O)nc2cc(C(C)C)ccc21. The number of fused-ring (bicyclic) bond motifs is 1. The molecule has 0 amide bonds. The Kier molecular flexibility index (Phi) is 4.66. The second-order valence-corrected chi connectivity index (χ2v) is 6.34. The summed E-state index contributed by atoms with van der Waals surface area (Å²) in [6.07, 6.45) is 0.994. The zero-order chi connectivity index (χ0) is 15.6. The molecule has 114 valence electrons.